The topological polar surface area (TPSA) is 12.0 Å². The van der Waals surface area contributed by atoms with Gasteiger partial charge in [-0.15, -0.1) is 0 Å². The highest BCUT2D eigenvalue weighted by molar-refractivity contribution is 6.31. The molecule has 0 bridgehead atoms. The van der Waals surface area contributed by atoms with Gasteiger partial charge in [-0.25, -0.2) is 4.39 Å². The van der Waals surface area contributed by atoms with Gasteiger partial charge >= 0.3 is 0 Å². The molecule has 2 aromatic rings. The van der Waals surface area contributed by atoms with Crippen LogP contribution >= 0.6 is 11.6 Å². The highest BCUT2D eigenvalue weighted by Gasteiger charge is 2.14. The van der Waals surface area contributed by atoms with Crippen molar-refractivity contribution in [3.8, 4) is 0 Å². The average molecular weight is 292 g/mol. The Morgan fingerprint density at radius 2 is 1.85 bits per heavy atom. The van der Waals surface area contributed by atoms with E-state index in [2.05, 4.69) is 24.4 Å². The molecule has 0 aliphatic heterocycles. The zero-order valence-corrected chi connectivity index (χ0v) is 12.3. The number of hydrogen-bond donors (Lipinski definition) is 1. The molecule has 20 heavy (non-hydrogen) atoms. The lowest BCUT2D eigenvalue weighted by Gasteiger charge is -2.21. The van der Waals surface area contributed by atoms with E-state index in [1.54, 1.807) is 18.2 Å². The van der Waals surface area contributed by atoms with Crippen molar-refractivity contribution in [3.63, 3.8) is 0 Å². The molecule has 0 radical (unpaired) electrons. The number of anilines is 1. The lowest BCUT2D eigenvalue weighted by Crippen LogP contribution is -2.12. The summed E-state index contributed by atoms with van der Waals surface area (Å²) in [6.07, 6.45) is 3.17. The Morgan fingerprint density at radius 1 is 1.10 bits per heavy atom. The fraction of sp³-hybridized carbons (Fsp3) is 0.294. The molecule has 0 aromatic heterocycles. The van der Waals surface area contributed by atoms with E-state index >= 15 is 0 Å². The number of nitrogens with one attached hydrogen (secondary N) is 1. The highest BCUT2D eigenvalue weighted by atomic mass is 35.5. The van der Waals surface area contributed by atoms with Crippen LogP contribution in [0.4, 0.5) is 10.1 Å². The van der Waals surface area contributed by atoms with Crippen molar-refractivity contribution in [1.82, 2.24) is 0 Å². The zero-order chi connectivity index (χ0) is 14.4. The molecule has 0 saturated carbocycles. The minimum atomic E-state index is -0.383. The molecule has 1 nitrogen and oxygen atoms in total. The first-order valence-corrected chi connectivity index (χ1v) is 7.35. The lowest BCUT2D eigenvalue weighted by molar-refractivity contribution is 0.607. The van der Waals surface area contributed by atoms with E-state index in [9.17, 15) is 4.39 Å². The van der Waals surface area contributed by atoms with Crippen LogP contribution in [0.1, 0.15) is 37.8 Å². The minimum absolute atomic E-state index is 0.101. The fourth-order valence-corrected chi connectivity index (χ4v) is 2.39. The van der Waals surface area contributed by atoms with E-state index in [1.165, 1.54) is 5.56 Å². The molecule has 2 rings (SSSR count). The second-order valence-electron chi connectivity index (χ2n) is 4.85. The van der Waals surface area contributed by atoms with Gasteiger partial charge < -0.3 is 5.32 Å². The average Bonchev–Trinajstić information content (AvgIpc) is 2.48. The molecule has 0 heterocycles. The maximum Gasteiger partial charge on any atom is 0.164 e. The Hall–Kier alpha value is -1.54. The van der Waals surface area contributed by atoms with Crippen LogP contribution in [0.3, 0.4) is 0 Å². The molecular weight excluding hydrogens is 273 g/mol. The van der Waals surface area contributed by atoms with Gasteiger partial charge in [0.05, 0.1) is 16.8 Å². The van der Waals surface area contributed by atoms with Gasteiger partial charge in [0.1, 0.15) is 0 Å². The Morgan fingerprint density at radius 3 is 2.55 bits per heavy atom. The smallest absolute Gasteiger partial charge is 0.164 e. The largest absolute Gasteiger partial charge is 0.376 e. The Kier molecular flexibility index (Phi) is 5.42. The highest BCUT2D eigenvalue weighted by Crippen LogP contribution is 2.28. The third-order valence-corrected chi connectivity index (χ3v) is 3.62. The van der Waals surface area contributed by atoms with Gasteiger partial charge in [0, 0.05) is 0 Å². The summed E-state index contributed by atoms with van der Waals surface area (Å²) in [5.41, 5.74) is 1.63. The first-order chi connectivity index (χ1) is 9.72. The summed E-state index contributed by atoms with van der Waals surface area (Å²) in [5, 5.41) is 3.43. The summed E-state index contributed by atoms with van der Waals surface area (Å²) in [7, 11) is 0. The quantitative estimate of drug-likeness (QED) is 0.707. The van der Waals surface area contributed by atoms with E-state index in [0.717, 1.165) is 19.3 Å². The predicted octanol–water partition coefficient (Wildman–Crippen LogP) is 5.82. The van der Waals surface area contributed by atoms with Crippen LogP contribution in [0.25, 0.3) is 0 Å². The van der Waals surface area contributed by atoms with E-state index in [1.807, 2.05) is 18.2 Å². The molecule has 2 aromatic carbocycles. The van der Waals surface area contributed by atoms with Gasteiger partial charge in [0.15, 0.2) is 5.82 Å². The van der Waals surface area contributed by atoms with Crippen molar-refractivity contribution in [2.45, 2.75) is 32.2 Å². The van der Waals surface area contributed by atoms with Gasteiger partial charge in [-0.3, -0.25) is 0 Å². The van der Waals surface area contributed by atoms with Crippen LogP contribution < -0.4 is 5.32 Å². The van der Waals surface area contributed by atoms with Crippen LogP contribution in [0.15, 0.2) is 48.5 Å². The first-order valence-electron chi connectivity index (χ1n) is 6.98. The summed E-state index contributed by atoms with van der Waals surface area (Å²) in [6.45, 7) is 2.15. The van der Waals surface area contributed by atoms with Crippen molar-refractivity contribution >= 4 is 17.3 Å². The van der Waals surface area contributed by atoms with Gasteiger partial charge in [0.2, 0.25) is 0 Å². The van der Waals surface area contributed by atoms with E-state index in [-0.39, 0.29) is 16.9 Å². The fourth-order valence-electron chi connectivity index (χ4n) is 2.22. The monoisotopic (exact) mass is 291 g/mol. The molecular formula is C17H19ClFN. The standard InChI is InChI=1S/C17H19ClFN/c1-2-3-11-15(13-8-5-4-6-9-13)20-16-12-7-10-14(18)17(16)19/h4-10,12,15,20H,2-3,11H2,1H3. The molecule has 0 fully saturated rings. The van der Waals surface area contributed by atoms with Gasteiger partial charge in [-0.2, -0.15) is 0 Å². The Balaban J connectivity index is 2.21. The summed E-state index contributed by atoms with van der Waals surface area (Å²) < 4.78 is 14.0. The summed E-state index contributed by atoms with van der Waals surface area (Å²) >= 11 is 5.83. The van der Waals surface area contributed by atoms with Crippen molar-refractivity contribution < 1.29 is 4.39 Å². The molecule has 3 heteroatoms. The van der Waals surface area contributed by atoms with Gasteiger partial charge in [0.25, 0.3) is 0 Å². The van der Waals surface area contributed by atoms with Crippen molar-refractivity contribution in [1.29, 1.82) is 0 Å². The van der Waals surface area contributed by atoms with Gasteiger partial charge in [-0.1, -0.05) is 67.8 Å². The number of rotatable bonds is 6. The summed E-state index contributed by atoms with van der Waals surface area (Å²) in [5.74, 6) is -0.383. The molecule has 0 aliphatic carbocycles. The third-order valence-electron chi connectivity index (χ3n) is 3.33. The van der Waals surface area contributed by atoms with Crippen LogP contribution in [-0.4, -0.2) is 0 Å². The minimum Gasteiger partial charge on any atom is -0.376 e. The van der Waals surface area contributed by atoms with Crippen molar-refractivity contribution in [3.05, 3.63) is 64.9 Å². The second-order valence-corrected chi connectivity index (χ2v) is 5.26. The van der Waals surface area contributed by atoms with Crippen LogP contribution in [-0.2, 0) is 0 Å². The third kappa shape index (κ3) is 3.73. The van der Waals surface area contributed by atoms with Crippen molar-refractivity contribution in [2.75, 3.05) is 5.32 Å². The molecule has 106 valence electrons. The van der Waals surface area contributed by atoms with Crippen LogP contribution in [0, 0.1) is 5.82 Å². The lowest BCUT2D eigenvalue weighted by atomic mass is 10.0. The molecule has 0 amide bonds. The molecule has 1 N–H and O–H groups in total. The Bertz CT molecular complexity index is 542. The maximum atomic E-state index is 14.0. The molecule has 0 aliphatic rings. The van der Waals surface area contributed by atoms with Crippen molar-refractivity contribution in [2.24, 2.45) is 0 Å². The van der Waals surface area contributed by atoms with Gasteiger partial charge in [-0.05, 0) is 24.1 Å². The van der Waals surface area contributed by atoms with E-state index < -0.39 is 0 Å². The Labute approximate surface area is 124 Å². The number of halogens is 2. The SMILES string of the molecule is CCCCC(Nc1cccc(Cl)c1F)c1ccccc1. The molecule has 0 spiro atoms. The van der Waals surface area contributed by atoms with E-state index in [0.29, 0.717) is 5.69 Å². The molecule has 1 atom stereocenters. The number of benzene rings is 2. The number of unbranched alkanes of at least 4 members (excludes halogenated alkanes) is 1. The zero-order valence-electron chi connectivity index (χ0n) is 11.6. The second kappa shape index (κ2) is 7.30. The number of hydrogen-bond acceptors (Lipinski definition) is 1. The summed E-state index contributed by atoms with van der Waals surface area (Å²) in [4.78, 5) is 0. The van der Waals surface area contributed by atoms with Crippen LogP contribution in [0.5, 0.6) is 0 Å². The first kappa shape index (κ1) is 14.9. The van der Waals surface area contributed by atoms with Crippen LogP contribution in [0.2, 0.25) is 5.02 Å². The summed E-state index contributed by atoms with van der Waals surface area (Å²) in [6, 6.07) is 15.3. The predicted molar refractivity (Wildman–Crippen MR) is 83.7 cm³/mol. The maximum absolute atomic E-state index is 14.0. The molecule has 0 saturated heterocycles. The normalized spacial score (nSPS) is 12.2. The molecule has 1 unspecified atom stereocenters. The van der Waals surface area contributed by atoms with E-state index in [4.69, 9.17) is 11.6 Å².